The summed E-state index contributed by atoms with van der Waals surface area (Å²) in [5, 5.41) is 10.5. The van der Waals surface area contributed by atoms with Gasteiger partial charge in [0.15, 0.2) is 0 Å². The molecule has 1 heterocycles. The average Bonchev–Trinajstić information content (AvgIpc) is 2.64. The van der Waals surface area contributed by atoms with E-state index in [1.54, 1.807) is 42.6 Å². The van der Waals surface area contributed by atoms with Crippen LogP contribution in [0.2, 0.25) is 5.02 Å². The van der Waals surface area contributed by atoms with Gasteiger partial charge in [-0.05, 0) is 18.2 Å². The first-order chi connectivity index (χ1) is 8.70. The molecule has 0 saturated carbocycles. The van der Waals surface area contributed by atoms with Gasteiger partial charge in [-0.15, -0.1) is 0 Å². The van der Waals surface area contributed by atoms with Crippen LogP contribution in [-0.2, 0) is 0 Å². The lowest BCUT2D eigenvalue weighted by molar-refractivity contribution is 0.105. The van der Waals surface area contributed by atoms with Crippen molar-refractivity contribution >= 4 is 28.7 Å². The minimum atomic E-state index is -0.285. The minimum absolute atomic E-state index is 0.0591. The van der Waals surface area contributed by atoms with Gasteiger partial charge in [0, 0.05) is 11.8 Å². The fourth-order valence-corrected chi connectivity index (χ4v) is 2.33. The average molecular weight is 258 g/mol. The van der Waals surface area contributed by atoms with Gasteiger partial charge < -0.3 is 5.11 Å². The molecule has 0 amide bonds. The highest BCUT2D eigenvalue weighted by molar-refractivity contribution is 6.44. The normalized spacial score (nSPS) is 13.9. The highest BCUT2D eigenvalue weighted by Gasteiger charge is 2.32. The van der Waals surface area contributed by atoms with Crippen LogP contribution < -0.4 is 0 Å². The van der Waals surface area contributed by atoms with Gasteiger partial charge in [0.1, 0.15) is 5.76 Å². The summed E-state index contributed by atoms with van der Waals surface area (Å²) in [6.07, 6.45) is 1.58. The van der Waals surface area contributed by atoms with Crippen molar-refractivity contribution in [1.29, 1.82) is 0 Å². The number of fused-ring (bicyclic) bond motifs is 1. The molecule has 18 heavy (non-hydrogen) atoms. The molecule has 1 aliphatic carbocycles. The number of ketones is 1. The molecule has 2 aromatic rings. The van der Waals surface area contributed by atoms with E-state index in [0.717, 1.165) is 0 Å². The van der Waals surface area contributed by atoms with Gasteiger partial charge in [0.25, 0.3) is 0 Å². The Hall–Kier alpha value is -2.13. The number of hydrogen-bond donors (Lipinski definition) is 1. The number of aliphatic hydroxyl groups excluding tert-OH is 1. The lowest BCUT2D eigenvalue weighted by Crippen LogP contribution is -2.00. The Bertz CT molecular complexity index is 677. The van der Waals surface area contributed by atoms with E-state index in [1.165, 1.54) is 0 Å². The Kier molecular flexibility index (Phi) is 2.42. The molecule has 0 unspecified atom stereocenters. The number of carbonyl (C=O) groups is 1. The van der Waals surface area contributed by atoms with Crippen LogP contribution in [0.1, 0.15) is 21.6 Å². The Morgan fingerprint density at radius 3 is 2.61 bits per heavy atom. The van der Waals surface area contributed by atoms with Crippen LogP contribution >= 0.6 is 11.6 Å². The maximum absolute atomic E-state index is 12.3. The summed E-state index contributed by atoms with van der Waals surface area (Å²) < 4.78 is 0. The number of halogens is 1. The van der Waals surface area contributed by atoms with E-state index in [1.807, 2.05) is 0 Å². The zero-order valence-electron chi connectivity index (χ0n) is 9.22. The smallest absolute Gasteiger partial charge is 0.201 e. The molecule has 88 valence electrons. The van der Waals surface area contributed by atoms with Gasteiger partial charge in [-0.1, -0.05) is 29.8 Å². The third-order valence-corrected chi connectivity index (χ3v) is 3.20. The molecule has 4 heteroatoms. The largest absolute Gasteiger partial charge is 0.506 e. The van der Waals surface area contributed by atoms with E-state index < -0.39 is 0 Å². The first-order valence-electron chi connectivity index (χ1n) is 5.38. The van der Waals surface area contributed by atoms with Crippen molar-refractivity contribution in [2.45, 2.75) is 0 Å². The number of hydrogen-bond acceptors (Lipinski definition) is 3. The molecule has 0 radical (unpaired) electrons. The fraction of sp³-hybridized carbons (Fsp3) is 0. The molecular weight excluding hydrogens is 250 g/mol. The van der Waals surface area contributed by atoms with Gasteiger partial charge >= 0.3 is 0 Å². The fourth-order valence-electron chi connectivity index (χ4n) is 2.07. The second-order valence-electron chi connectivity index (χ2n) is 3.93. The maximum atomic E-state index is 12.3. The van der Waals surface area contributed by atoms with Gasteiger partial charge in [-0.25, -0.2) is 0 Å². The van der Waals surface area contributed by atoms with Crippen LogP contribution in [0.15, 0.2) is 42.6 Å². The summed E-state index contributed by atoms with van der Waals surface area (Å²) in [7, 11) is 0. The Balaban J connectivity index is 2.24. The Morgan fingerprint density at radius 2 is 1.94 bits per heavy atom. The van der Waals surface area contributed by atoms with Gasteiger partial charge in [-0.2, -0.15) is 0 Å². The lowest BCUT2D eigenvalue weighted by atomic mass is 10.1. The summed E-state index contributed by atoms with van der Waals surface area (Å²) in [6, 6.07) is 10.2. The van der Waals surface area contributed by atoms with Crippen LogP contribution in [0.3, 0.4) is 0 Å². The van der Waals surface area contributed by atoms with E-state index in [-0.39, 0.29) is 17.1 Å². The van der Waals surface area contributed by atoms with Crippen molar-refractivity contribution in [2.24, 2.45) is 0 Å². The van der Waals surface area contributed by atoms with E-state index in [4.69, 9.17) is 11.6 Å². The number of nitrogens with zero attached hydrogens (tertiary/aromatic N) is 1. The topological polar surface area (TPSA) is 50.2 Å². The zero-order valence-corrected chi connectivity index (χ0v) is 9.98. The number of allylic oxidation sites excluding steroid dienone is 1. The quantitative estimate of drug-likeness (QED) is 0.852. The van der Waals surface area contributed by atoms with Crippen LogP contribution in [0.5, 0.6) is 0 Å². The molecular formula is C14H8ClNO2. The molecule has 0 bridgehead atoms. The number of aliphatic hydroxyl groups is 1. The number of pyridine rings is 1. The van der Waals surface area contributed by atoms with Crippen molar-refractivity contribution in [3.8, 4) is 0 Å². The highest BCUT2D eigenvalue weighted by atomic mass is 35.5. The Morgan fingerprint density at radius 1 is 1.11 bits per heavy atom. The minimum Gasteiger partial charge on any atom is -0.506 e. The van der Waals surface area contributed by atoms with Gasteiger partial charge in [0.05, 0.1) is 21.9 Å². The second-order valence-corrected chi connectivity index (χ2v) is 4.34. The molecule has 1 N–H and O–H groups in total. The molecule has 0 fully saturated rings. The molecule has 1 aromatic heterocycles. The maximum Gasteiger partial charge on any atom is 0.201 e. The van der Waals surface area contributed by atoms with E-state index in [9.17, 15) is 9.90 Å². The molecule has 3 rings (SSSR count). The SMILES string of the molecule is O=C1C(c2ccccn2)=C(O)c2cccc(Cl)c21. The summed E-state index contributed by atoms with van der Waals surface area (Å²) in [6.45, 7) is 0. The van der Waals surface area contributed by atoms with Crippen LogP contribution in [0.4, 0.5) is 0 Å². The highest BCUT2D eigenvalue weighted by Crippen LogP contribution is 2.39. The van der Waals surface area contributed by atoms with E-state index in [2.05, 4.69) is 4.98 Å². The molecule has 1 aliphatic rings. The number of rotatable bonds is 1. The summed E-state index contributed by atoms with van der Waals surface area (Å²) in [4.78, 5) is 16.4. The summed E-state index contributed by atoms with van der Waals surface area (Å²) in [5.74, 6) is -0.344. The predicted molar refractivity (Wildman–Crippen MR) is 69.5 cm³/mol. The summed E-state index contributed by atoms with van der Waals surface area (Å²) in [5.41, 5.74) is 1.47. The number of aromatic nitrogens is 1. The number of benzene rings is 1. The first-order valence-corrected chi connectivity index (χ1v) is 5.76. The monoisotopic (exact) mass is 257 g/mol. The molecule has 3 nitrogen and oxygen atoms in total. The van der Waals surface area contributed by atoms with E-state index >= 15 is 0 Å². The third kappa shape index (κ3) is 1.45. The molecule has 1 aromatic carbocycles. The molecule has 0 saturated heterocycles. The Labute approximate surface area is 108 Å². The van der Waals surface area contributed by atoms with Gasteiger partial charge in [-0.3, -0.25) is 9.78 Å². The predicted octanol–water partition coefficient (Wildman–Crippen LogP) is 3.36. The van der Waals surface area contributed by atoms with Crippen molar-refractivity contribution < 1.29 is 9.90 Å². The van der Waals surface area contributed by atoms with Gasteiger partial charge in [0.2, 0.25) is 5.78 Å². The number of Topliss-reactive ketones (excluding diaryl/α,β-unsaturated/α-hetero) is 1. The zero-order chi connectivity index (χ0) is 12.7. The lowest BCUT2D eigenvalue weighted by Gasteiger charge is -2.00. The standard InChI is InChI=1S/C14H8ClNO2/c15-9-5-3-4-8-11(9)14(18)12(13(8)17)10-6-1-2-7-16-10/h1-7,17H. The second kappa shape index (κ2) is 3.96. The number of carbonyl (C=O) groups excluding carboxylic acids is 1. The van der Waals surface area contributed by atoms with Crippen LogP contribution in [0.25, 0.3) is 11.3 Å². The first kappa shape index (κ1) is 11.0. The van der Waals surface area contributed by atoms with Crippen LogP contribution in [-0.4, -0.2) is 15.9 Å². The van der Waals surface area contributed by atoms with Crippen molar-refractivity contribution in [3.63, 3.8) is 0 Å². The van der Waals surface area contributed by atoms with Crippen molar-refractivity contribution in [1.82, 2.24) is 4.98 Å². The molecule has 0 aliphatic heterocycles. The van der Waals surface area contributed by atoms with Crippen LogP contribution in [0, 0.1) is 0 Å². The molecule has 0 spiro atoms. The van der Waals surface area contributed by atoms with Crippen molar-refractivity contribution in [2.75, 3.05) is 0 Å². The third-order valence-electron chi connectivity index (χ3n) is 2.88. The van der Waals surface area contributed by atoms with Crippen molar-refractivity contribution in [3.05, 3.63) is 64.4 Å². The summed E-state index contributed by atoms with van der Waals surface area (Å²) >= 11 is 6.00. The molecule has 0 atom stereocenters. The van der Waals surface area contributed by atoms with E-state index in [0.29, 0.717) is 21.8 Å².